The molecule has 31 heavy (non-hydrogen) atoms. The summed E-state index contributed by atoms with van der Waals surface area (Å²) in [5.41, 5.74) is 1.02. The summed E-state index contributed by atoms with van der Waals surface area (Å²) in [6.07, 6.45) is -0.290. The van der Waals surface area contributed by atoms with Gasteiger partial charge in [-0.25, -0.2) is 9.18 Å². The fraction of sp³-hybridized carbons (Fsp3) is 0.375. The van der Waals surface area contributed by atoms with E-state index in [4.69, 9.17) is 4.74 Å². The molecule has 1 aliphatic rings. The van der Waals surface area contributed by atoms with Crippen molar-refractivity contribution in [3.05, 3.63) is 54.3 Å². The molecule has 0 N–H and O–H groups in total. The van der Waals surface area contributed by atoms with Crippen molar-refractivity contribution in [1.82, 2.24) is 15.1 Å². The smallest absolute Gasteiger partial charge is 0.410 e. The third-order valence-electron chi connectivity index (χ3n) is 5.34. The number of piperazine rings is 1. The minimum atomic E-state index is -0.519. The molecule has 0 saturated carbocycles. The van der Waals surface area contributed by atoms with Crippen LogP contribution in [0.5, 0.6) is 0 Å². The summed E-state index contributed by atoms with van der Waals surface area (Å²) in [4.78, 5) is 16.4. The number of carbonyl (C=O) groups is 1. The maximum atomic E-state index is 13.4. The van der Waals surface area contributed by atoms with E-state index in [1.165, 1.54) is 12.1 Å². The Labute approximate surface area is 181 Å². The Morgan fingerprint density at radius 2 is 1.71 bits per heavy atom. The minimum absolute atomic E-state index is 0.0515. The number of anilines is 1. The average Bonchev–Trinajstić information content (AvgIpc) is 2.73. The van der Waals surface area contributed by atoms with Gasteiger partial charge in [-0.3, -0.25) is 0 Å². The van der Waals surface area contributed by atoms with Gasteiger partial charge in [0.2, 0.25) is 0 Å². The number of nitrogens with zero attached hydrogens (tertiary/aromatic N) is 4. The number of halogens is 1. The highest BCUT2D eigenvalue weighted by Gasteiger charge is 2.31. The second-order valence-corrected chi connectivity index (χ2v) is 8.89. The zero-order chi connectivity index (χ0) is 22.2. The number of hydrogen-bond acceptors (Lipinski definition) is 5. The molecule has 2 aromatic carbocycles. The van der Waals surface area contributed by atoms with Crippen LogP contribution in [0.3, 0.4) is 0 Å². The molecule has 0 aliphatic carbocycles. The maximum absolute atomic E-state index is 13.4. The first-order valence-corrected chi connectivity index (χ1v) is 10.5. The van der Waals surface area contributed by atoms with Crippen molar-refractivity contribution in [3.63, 3.8) is 0 Å². The van der Waals surface area contributed by atoms with Crippen LogP contribution in [0.25, 0.3) is 22.0 Å². The molecule has 6 nitrogen and oxygen atoms in total. The molecular formula is C24H27FN4O2. The number of fused-ring (bicyclic) bond motifs is 1. The van der Waals surface area contributed by atoms with Gasteiger partial charge in [-0.15, -0.1) is 10.2 Å². The molecule has 7 heteroatoms. The molecule has 0 bridgehead atoms. The molecule has 1 fully saturated rings. The average molecular weight is 423 g/mol. The second-order valence-electron chi connectivity index (χ2n) is 8.89. The predicted molar refractivity (Wildman–Crippen MR) is 120 cm³/mol. The second kappa shape index (κ2) is 8.13. The van der Waals surface area contributed by atoms with Crippen molar-refractivity contribution < 1.29 is 13.9 Å². The lowest BCUT2D eigenvalue weighted by atomic mass is 10.0. The van der Waals surface area contributed by atoms with Crippen LogP contribution >= 0.6 is 0 Å². The van der Waals surface area contributed by atoms with Crippen LogP contribution in [0.2, 0.25) is 0 Å². The van der Waals surface area contributed by atoms with E-state index in [-0.39, 0.29) is 18.0 Å². The van der Waals surface area contributed by atoms with Gasteiger partial charge in [0.1, 0.15) is 17.1 Å². The summed E-state index contributed by atoms with van der Waals surface area (Å²) in [5, 5.41) is 11.0. The lowest BCUT2D eigenvalue weighted by molar-refractivity contribution is 0.0218. The molecule has 3 aromatic rings. The summed E-state index contributed by atoms with van der Waals surface area (Å²) in [7, 11) is 0. The summed E-state index contributed by atoms with van der Waals surface area (Å²) < 4.78 is 18.9. The third-order valence-corrected chi connectivity index (χ3v) is 5.34. The molecule has 1 saturated heterocycles. The van der Waals surface area contributed by atoms with Gasteiger partial charge in [0.15, 0.2) is 5.82 Å². The quantitative estimate of drug-likeness (QED) is 0.589. The minimum Gasteiger partial charge on any atom is -0.444 e. The van der Waals surface area contributed by atoms with Crippen LogP contribution in [-0.2, 0) is 4.74 Å². The molecular weight excluding hydrogens is 395 g/mol. The Morgan fingerprint density at radius 1 is 1.03 bits per heavy atom. The molecule has 2 heterocycles. The number of amides is 1. The number of benzene rings is 2. The van der Waals surface area contributed by atoms with Crippen molar-refractivity contribution >= 4 is 22.7 Å². The van der Waals surface area contributed by atoms with Crippen molar-refractivity contribution in [2.45, 2.75) is 39.3 Å². The first-order chi connectivity index (χ1) is 14.7. The molecule has 0 unspecified atom stereocenters. The van der Waals surface area contributed by atoms with Crippen LogP contribution < -0.4 is 4.90 Å². The fourth-order valence-electron chi connectivity index (χ4n) is 3.89. The van der Waals surface area contributed by atoms with Gasteiger partial charge in [0.05, 0.1) is 0 Å². The standard InChI is InChI=1S/C24H27FN4O2/c1-16-15-28(23(30)31-24(2,3)4)13-14-29(16)22-20-8-6-5-7-19(20)21(26-27-22)17-9-11-18(25)12-10-17/h5-12,16H,13-15H2,1-4H3/t16-/m1/s1. The SMILES string of the molecule is C[C@@H]1CN(C(=O)OC(C)(C)C)CCN1c1nnc(-c2ccc(F)cc2)c2ccccc12. The van der Waals surface area contributed by atoms with E-state index in [0.29, 0.717) is 19.6 Å². The van der Waals surface area contributed by atoms with Gasteiger partial charge in [-0.2, -0.15) is 0 Å². The summed E-state index contributed by atoms with van der Waals surface area (Å²) in [6.45, 7) is 9.41. The van der Waals surface area contributed by atoms with Crippen molar-refractivity contribution in [1.29, 1.82) is 0 Å². The number of rotatable bonds is 2. The first kappa shape index (κ1) is 21.0. The van der Waals surface area contributed by atoms with Crippen LogP contribution in [0.15, 0.2) is 48.5 Å². The van der Waals surface area contributed by atoms with E-state index in [1.54, 1.807) is 17.0 Å². The first-order valence-electron chi connectivity index (χ1n) is 10.5. The van der Waals surface area contributed by atoms with Crippen molar-refractivity contribution in [2.75, 3.05) is 24.5 Å². The summed E-state index contributed by atoms with van der Waals surface area (Å²) >= 11 is 0. The lowest BCUT2D eigenvalue weighted by Gasteiger charge is -2.41. The Bertz CT molecular complexity index is 1090. The van der Waals surface area contributed by atoms with Gasteiger partial charge >= 0.3 is 6.09 Å². The van der Waals surface area contributed by atoms with E-state index in [9.17, 15) is 9.18 Å². The Kier molecular flexibility index (Phi) is 5.52. The molecule has 4 rings (SSSR count). The topological polar surface area (TPSA) is 58.6 Å². The summed E-state index contributed by atoms with van der Waals surface area (Å²) in [5.74, 6) is 0.507. The number of hydrogen-bond donors (Lipinski definition) is 0. The molecule has 1 amide bonds. The highest BCUT2D eigenvalue weighted by molar-refractivity contribution is 6.00. The Balaban J connectivity index is 1.63. The van der Waals surface area contributed by atoms with Crippen LogP contribution in [0.1, 0.15) is 27.7 Å². The van der Waals surface area contributed by atoms with Crippen molar-refractivity contribution in [3.8, 4) is 11.3 Å². The molecule has 1 aliphatic heterocycles. The van der Waals surface area contributed by atoms with Gasteiger partial charge < -0.3 is 14.5 Å². The van der Waals surface area contributed by atoms with E-state index in [2.05, 4.69) is 22.0 Å². The number of carbonyl (C=O) groups excluding carboxylic acids is 1. The molecule has 0 spiro atoms. The highest BCUT2D eigenvalue weighted by atomic mass is 19.1. The van der Waals surface area contributed by atoms with E-state index < -0.39 is 5.60 Å². The van der Waals surface area contributed by atoms with Crippen LogP contribution in [-0.4, -0.2) is 52.5 Å². The molecule has 1 aromatic heterocycles. The number of aromatic nitrogens is 2. The normalized spacial score (nSPS) is 17.1. The summed E-state index contributed by atoms with van der Waals surface area (Å²) in [6, 6.07) is 14.3. The lowest BCUT2D eigenvalue weighted by Crippen LogP contribution is -2.55. The van der Waals surface area contributed by atoms with Crippen LogP contribution in [0.4, 0.5) is 15.0 Å². The Hall–Kier alpha value is -3.22. The predicted octanol–water partition coefficient (Wildman–Crippen LogP) is 4.88. The molecule has 1 atom stereocenters. The van der Waals surface area contributed by atoms with E-state index >= 15 is 0 Å². The fourth-order valence-corrected chi connectivity index (χ4v) is 3.89. The van der Waals surface area contributed by atoms with Gasteiger partial charge in [0, 0.05) is 42.0 Å². The van der Waals surface area contributed by atoms with E-state index in [1.807, 2.05) is 45.0 Å². The van der Waals surface area contributed by atoms with Gasteiger partial charge in [-0.1, -0.05) is 24.3 Å². The van der Waals surface area contributed by atoms with E-state index in [0.717, 1.165) is 27.8 Å². The number of ether oxygens (including phenoxy) is 1. The zero-order valence-electron chi connectivity index (χ0n) is 18.3. The third kappa shape index (κ3) is 4.45. The van der Waals surface area contributed by atoms with Gasteiger partial charge in [-0.05, 0) is 52.0 Å². The van der Waals surface area contributed by atoms with Crippen LogP contribution in [0, 0.1) is 5.82 Å². The molecule has 0 radical (unpaired) electrons. The Morgan fingerprint density at radius 3 is 2.35 bits per heavy atom. The monoisotopic (exact) mass is 422 g/mol. The highest BCUT2D eigenvalue weighted by Crippen LogP contribution is 2.33. The molecule has 162 valence electrons. The van der Waals surface area contributed by atoms with Gasteiger partial charge in [0.25, 0.3) is 0 Å². The van der Waals surface area contributed by atoms with Crippen molar-refractivity contribution in [2.24, 2.45) is 0 Å². The maximum Gasteiger partial charge on any atom is 0.410 e. The zero-order valence-corrected chi connectivity index (χ0v) is 18.3. The largest absolute Gasteiger partial charge is 0.444 e.